The number of anilines is 1. The van der Waals surface area contributed by atoms with Crippen LogP contribution in [0.5, 0.6) is 0 Å². The highest BCUT2D eigenvalue weighted by Crippen LogP contribution is 2.36. The minimum absolute atomic E-state index is 0.591. The van der Waals surface area contributed by atoms with Gasteiger partial charge in [-0.1, -0.05) is 6.42 Å². The van der Waals surface area contributed by atoms with Gasteiger partial charge in [0, 0.05) is 67.5 Å². The largest absolute Gasteiger partial charge is 0.371 e. The molecule has 6 heteroatoms. The molecule has 1 saturated carbocycles. The van der Waals surface area contributed by atoms with Gasteiger partial charge in [-0.15, -0.1) is 11.3 Å². The van der Waals surface area contributed by atoms with E-state index in [2.05, 4.69) is 19.6 Å². The lowest BCUT2D eigenvalue weighted by molar-refractivity contribution is 0.133. The topological polar surface area (TPSA) is 36.6 Å². The number of pyridine rings is 1. The molecule has 0 amide bonds. The van der Waals surface area contributed by atoms with Crippen LogP contribution >= 0.6 is 11.3 Å². The minimum Gasteiger partial charge on any atom is -0.371 e. The Hall–Kier alpha value is -1.97. The molecule has 2 aliphatic heterocycles. The molecule has 2 aromatic heterocycles. The van der Waals surface area contributed by atoms with E-state index >= 15 is 0 Å². The zero-order valence-electron chi connectivity index (χ0n) is 16.3. The molecule has 0 bridgehead atoms. The van der Waals surface area contributed by atoms with Crippen molar-refractivity contribution in [3.63, 3.8) is 0 Å². The Morgan fingerprint density at radius 2 is 1.86 bits per heavy atom. The van der Waals surface area contributed by atoms with Gasteiger partial charge in [0.05, 0.1) is 17.3 Å². The van der Waals surface area contributed by atoms with Crippen LogP contribution in [0, 0.1) is 6.57 Å². The molecular formula is C22H27N5S. The first kappa shape index (κ1) is 18.1. The first-order valence-corrected chi connectivity index (χ1v) is 11.4. The summed E-state index contributed by atoms with van der Waals surface area (Å²) in [6.45, 7) is 11.7. The van der Waals surface area contributed by atoms with Crippen molar-refractivity contribution in [2.45, 2.75) is 56.9 Å². The number of thiazole rings is 1. The normalized spacial score (nSPS) is 21.6. The molecular weight excluding hydrogens is 366 g/mol. The average Bonchev–Trinajstić information content (AvgIpc) is 3.02. The average molecular weight is 394 g/mol. The third kappa shape index (κ3) is 3.54. The fourth-order valence-electron chi connectivity index (χ4n) is 4.73. The monoisotopic (exact) mass is 393 g/mol. The quantitative estimate of drug-likeness (QED) is 0.723. The van der Waals surface area contributed by atoms with Crippen LogP contribution in [0.15, 0.2) is 18.5 Å². The van der Waals surface area contributed by atoms with Crippen molar-refractivity contribution >= 4 is 22.7 Å². The van der Waals surface area contributed by atoms with Gasteiger partial charge in [0.25, 0.3) is 0 Å². The lowest BCUT2D eigenvalue weighted by atomic mass is 9.91. The molecule has 0 spiro atoms. The fourth-order valence-corrected chi connectivity index (χ4v) is 6.00. The van der Waals surface area contributed by atoms with Crippen molar-refractivity contribution in [1.82, 2.24) is 14.9 Å². The van der Waals surface area contributed by atoms with Crippen LogP contribution in [0.25, 0.3) is 4.85 Å². The molecule has 0 radical (unpaired) electrons. The van der Waals surface area contributed by atoms with E-state index in [9.17, 15) is 0 Å². The first-order chi connectivity index (χ1) is 13.8. The molecule has 0 N–H and O–H groups in total. The third-order valence-electron chi connectivity index (χ3n) is 6.70. The van der Waals surface area contributed by atoms with Crippen molar-refractivity contribution in [3.8, 4) is 0 Å². The Morgan fingerprint density at radius 3 is 2.61 bits per heavy atom. The molecule has 28 heavy (non-hydrogen) atoms. The minimum atomic E-state index is 0.591. The molecule has 2 fully saturated rings. The summed E-state index contributed by atoms with van der Waals surface area (Å²) in [4.78, 5) is 19.5. The van der Waals surface area contributed by atoms with E-state index in [4.69, 9.17) is 11.6 Å². The highest BCUT2D eigenvalue weighted by molar-refractivity contribution is 7.11. The smallest absolute Gasteiger partial charge is 0.207 e. The Bertz CT molecular complexity index is 848. The molecule has 2 aromatic rings. The lowest BCUT2D eigenvalue weighted by Gasteiger charge is -2.36. The van der Waals surface area contributed by atoms with Gasteiger partial charge in [0.1, 0.15) is 0 Å². The van der Waals surface area contributed by atoms with Gasteiger partial charge < -0.3 is 4.90 Å². The lowest BCUT2D eigenvalue weighted by Crippen LogP contribution is -2.41. The zero-order valence-corrected chi connectivity index (χ0v) is 17.1. The molecule has 1 saturated heterocycles. The van der Waals surface area contributed by atoms with Crippen LogP contribution in [-0.4, -0.2) is 47.1 Å². The summed E-state index contributed by atoms with van der Waals surface area (Å²) >= 11 is 1.99. The van der Waals surface area contributed by atoms with Crippen molar-refractivity contribution in [3.05, 3.63) is 45.5 Å². The molecule has 5 nitrogen and oxygen atoms in total. The maximum absolute atomic E-state index is 7.19. The number of fused-ring (bicyclic) bond motifs is 1. The number of hydrogen-bond donors (Lipinski definition) is 0. The Balaban J connectivity index is 1.21. The van der Waals surface area contributed by atoms with E-state index in [1.165, 1.54) is 49.5 Å². The van der Waals surface area contributed by atoms with Crippen LogP contribution in [0.3, 0.4) is 0 Å². The SMILES string of the molecule is [C-]#[N+]c1cncc(N2CCC(c3nc4c(s3)CCN(C3CCC3)CC4)CC2)c1. The first-order valence-electron chi connectivity index (χ1n) is 10.6. The van der Waals surface area contributed by atoms with Crippen LogP contribution in [0.2, 0.25) is 0 Å². The second-order valence-corrected chi connectivity index (χ2v) is 9.43. The fraction of sp³-hybridized carbons (Fsp3) is 0.591. The van der Waals surface area contributed by atoms with E-state index in [-0.39, 0.29) is 0 Å². The molecule has 0 atom stereocenters. The summed E-state index contributed by atoms with van der Waals surface area (Å²) in [7, 11) is 0. The molecule has 5 rings (SSSR count). The van der Waals surface area contributed by atoms with Crippen LogP contribution in [-0.2, 0) is 12.8 Å². The summed E-state index contributed by atoms with van der Waals surface area (Å²) < 4.78 is 0. The molecule has 146 valence electrons. The molecule has 3 aliphatic rings. The summed E-state index contributed by atoms with van der Waals surface area (Å²) in [5.74, 6) is 0.591. The second-order valence-electron chi connectivity index (χ2n) is 8.32. The standard InChI is InChI=1S/C22H27N5S/c1-23-17-13-19(15-24-14-17)27-9-5-16(6-10-27)22-25-20-7-11-26(18-3-2-4-18)12-8-21(20)28-22/h13-16,18H,2-12H2. The molecule has 0 aromatic carbocycles. The van der Waals surface area contributed by atoms with Crippen LogP contribution in [0.1, 0.15) is 53.6 Å². The van der Waals surface area contributed by atoms with Crippen LogP contribution in [0.4, 0.5) is 11.4 Å². The van der Waals surface area contributed by atoms with Gasteiger partial charge >= 0.3 is 0 Å². The maximum Gasteiger partial charge on any atom is 0.207 e. The Labute approximate surface area is 171 Å². The Kier molecular flexibility index (Phi) is 5.04. The zero-order chi connectivity index (χ0) is 18.9. The number of nitrogens with zero attached hydrogens (tertiary/aromatic N) is 5. The summed E-state index contributed by atoms with van der Waals surface area (Å²) in [6.07, 6.45) is 12.4. The van der Waals surface area contributed by atoms with Crippen molar-refractivity contribution < 1.29 is 0 Å². The van der Waals surface area contributed by atoms with E-state index < -0.39 is 0 Å². The van der Waals surface area contributed by atoms with Gasteiger partial charge in [0.2, 0.25) is 5.69 Å². The van der Waals surface area contributed by atoms with E-state index in [1.807, 2.05) is 23.6 Å². The van der Waals surface area contributed by atoms with Crippen molar-refractivity contribution in [2.75, 3.05) is 31.1 Å². The summed E-state index contributed by atoms with van der Waals surface area (Å²) in [5.41, 5.74) is 3.09. The Morgan fingerprint density at radius 1 is 1.04 bits per heavy atom. The van der Waals surface area contributed by atoms with Gasteiger partial charge in [-0.3, -0.25) is 9.88 Å². The second kappa shape index (κ2) is 7.81. The third-order valence-corrected chi connectivity index (χ3v) is 8.02. The number of piperidine rings is 1. The summed E-state index contributed by atoms with van der Waals surface area (Å²) in [6, 6.07) is 2.81. The van der Waals surface area contributed by atoms with Gasteiger partial charge in [-0.2, -0.15) is 0 Å². The summed E-state index contributed by atoms with van der Waals surface area (Å²) in [5, 5.41) is 1.37. The van der Waals surface area contributed by atoms with E-state index in [1.54, 1.807) is 11.1 Å². The highest BCUT2D eigenvalue weighted by Gasteiger charge is 2.29. The van der Waals surface area contributed by atoms with Gasteiger partial charge in [-0.05, 0) is 38.2 Å². The highest BCUT2D eigenvalue weighted by atomic mass is 32.1. The number of hydrogen-bond acceptors (Lipinski definition) is 5. The molecule has 4 heterocycles. The van der Waals surface area contributed by atoms with Crippen molar-refractivity contribution in [1.29, 1.82) is 0 Å². The van der Waals surface area contributed by atoms with E-state index in [0.29, 0.717) is 11.6 Å². The predicted octanol–water partition coefficient (Wildman–Crippen LogP) is 4.43. The predicted molar refractivity (Wildman–Crippen MR) is 113 cm³/mol. The number of rotatable bonds is 3. The van der Waals surface area contributed by atoms with E-state index in [0.717, 1.165) is 44.1 Å². The maximum atomic E-state index is 7.19. The van der Waals surface area contributed by atoms with Crippen molar-refractivity contribution in [2.24, 2.45) is 0 Å². The number of aromatic nitrogens is 2. The molecule has 0 unspecified atom stereocenters. The van der Waals surface area contributed by atoms with Gasteiger partial charge in [0.15, 0.2) is 0 Å². The van der Waals surface area contributed by atoms with Crippen LogP contribution < -0.4 is 4.90 Å². The molecule has 1 aliphatic carbocycles. The van der Waals surface area contributed by atoms with Gasteiger partial charge in [-0.25, -0.2) is 9.83 Å².